The number of aliphatic imine (C=N–C) groups is 1. The first kappa shape index (κ1) is 10.2. The van der Waals surface area contributed by atoms with Gasteiger partial charge >= 0.3 is 70.1 Å². The summed E-state index contributed by atoms with van der Waals surface area (Å²) in [4.78, 5) is 15.9. The zero-order valence-electron chi connectivity index (χ0n) is 6.21. The predicted octanol–water partition coefficient (Wildman–Crippen LogP) is -1.17. The second-order valence-corrected chi connectivity index (χ2v) is 2.48. The first-order valence-electron chi connectivity index (χ1n) is 2.80. The van der Waals surface area contributed by atoms with Gasteiger partial charge in [0.25, 0.3) is 0 Å². The van der Waals surface area contributed by atoms with Crippen molar-refractivity contribution in [2.45, 2.75) is 0 Å². The van der Waals surface area contributed by atoms with Gasteiger partial charge in [0.15, 0.2) is 0 Å². The molecule has 0 atom stereocenters. The van der Waals surface area contributed by atoms with Crippen molar-refractivity contribution in [3.8, 4) is 0 Å². The molecule has 63 valence electrons. The van der Waals surface area contributed by atoms with Crippen molar-refractivity contribution >= 4 is 22.1 Å². The molecule has 5 heteroatoms. The van der Waals surface area contributed by atoms with Crippen LogP contribution in [0.2, 0.25) is 0 Å². The molecular formula is C6H10MnN2O2. The van der Waals surface area contributed by atoms with Crippen molar-refractivity contribution in [2.24, 2.45) is 10.7 Å². The van der Waals surface area contributed by atoms with Crippen LogP contribution in [0.5, 0.6) is 0 Å². The molecule has 0 heterocycles. The molecule has 0 rings (SSSR count). The van der Waals surface area contributed by atoms with E-state index in [1.165, 1.54) is 7.05 Å². The zero-order valence-corrected chi connectivity index (χ0v) is 7.39. The number of nitrogens with two attached hydrogens (primary N) is 1. The van der Waals surface area contributed by atoms with Crippen LogP contribution < -0.4 is 5.73 Å². The fourth-order valence-electron chi connectivity index (χ4n) is 0.317. The Kier molecular flexibility index (Phi) is 5.51. The number of carbonyl (C=O) groups is 1. The van der Waals surface area contributed by atoms with E-state index in [1.807, 2.05) is 0 Å². The first-order valence-corrected chi connectivity index (χ1v) is 4.32. The van der Waals surface area contributed by atoms with E-state index < -0.39 is 5.97 Å². The van der Waals surface area contributed by atoms with Crippen LogP contribution >= 0.6 is 0 Å². The van der Waals surface area contributed by atoms with Gasteiger partial charge in [-0.25, -0.2) is 0 Å². The molecule has 0 fully saturated rings. The van der Waals surface area contributed by atoms with Crippen LogP contribution in [0.25, 0.3) is 0 Å². The average Bonchev–Trinajstić information content (AvgIpc) is 2.03. The van der Waals surface area contributed by atoms with Gasteiger partial charge < -0.3 is 0 Å². The number of amidine groups is 1. The Labute approximate surface area is 70.7 Å². The van der Waals surface area contributed by atoms with Gasteiger partial charge in [0.2, 0.25) is 0 Å². The van der Waals surface area contributed by atoms with Crippen molar-refractivity contribution in [3.63, 3.8) is 0 Å². The van der Waals surface area contributed by atoms with Gasteiger partial charge in [0.1, 0.15) is 0 Å². The van der Waals surface area contributed by atoms with Gasteiger partial charge in [-0.3, -0.25) is 0 Å². The molecule has 4 nitrogen and oxygen atoms in total. The predicted molar refractivity (Wildman–Crippen MR) is 41.7 cm³/mol. The molecule has 0 aliphatic heterocycles. The maximum absolute atomic E-state index is 10.7. The number of hydrogen-bond donors (Lipinski definition) is 1. The molecule has 11 heavy (non-hydrogen) atoms. The quantitative estimate of drug-likeness (QED) is 0.262. The summed E-state index contributed by atoms with van der Waals surface area (Å²) in [6.45, 7) is 0.249. The van der Waals surface area contributed by atoms with E-state index in [2.05, 4.69) is 15.2 Å². The summed E-state index contributed by atoms with van der Waals surface area (Å²) < 4.78 is 4.65. The molecule has 0 saturated heterocycles. The normalized spacial score (nSPS) is 10.5. The van der Waals surface area contributed by atoms with E-state index in [9.17, 15) is 4.79 Å². The molecular weight excluding hydrogens is 187 g/mol. The molecule has 0 radical (unpaired) electrons. The van der Waals surface area contributed by atoms with E-state index in [1.54, 1.807) is 4.92 Å². The molecule has 0 unspecified atom stereocenters. The first-order chi connectivity index (χ1) is 5.22. The molecule has 0 aliphatic carbocycles. The average molecular weight is 197 g/mol. The van der Waals surface area contributed by atoms with Gasteiger partial charge in [-0.2, -0.15) is 0 Å². The third kappa shape index (κ3) is 4.58. The third-order valence-electron chi connectivity index (χ3n) is 0.837. The minimum atomic E-state index is -0.581. The Hall–Kier alpha value is -0.801. The molecule has 0 saturated carbocycles. The Bertz CT molecular complexity index is 219. The fourth-order valence-corrected chi connectivity index (χ4v) is 0.554. The van der Waals surface area contributed by atoms with Crippen LogP contribution in [0.1, 0.15) is 0 Å². The minimum absolute atomic E-state index is 0.105. The van der Waals surface area contributed by atoms with Crippen LogP contribution in [-0.2, 0) is 23.6 Å². The zero-order chi connectivity index (χ0) is 8.69. The Morgan fingerprint density at radius 2 is 2.55 bits per heavy atom. The number of carbonyl (C=O) groups excluding carboxylic acids is 1. The van der Waals surface area contributed by atoms with E-state index in [-0.39, 0.29) is 12.4 Å². The number of esters is 1. The van der Waals surface area contributed by atoms with Crippen LogP contribution in [-0.4, -0.2) is 35.8 Å². The van der Waals surface area contributed by atoms with Crippen molar-refractivity contribution in [1.29, 1.82) is 0 Å². The van der Waals surface area contributed by atoms with E-state index in [0.717, 1.165) is 0 Å². The second kappa shape index (κ2) is 5.95. The summed E-state index contributed by atoms with van der Waals surface area (Å²) in [5.74, 6) is -0.686. The maximum atomic E-state index is 10.7. The Morgan fingerprint density at radius 1 is 1.91 bits per heavy atom. The van der Waals surface area contributed by atoms with Crippen molar-refractivity contribution in [2.75, 3.05) is 13.7 Å². The van der Waals surface area contributed by atoms with Crippen molar-refractivity contribution < 1.29 is 23.6 Å². The molecule has 0 aromatic rings. The van der Waals surface area contributed by atoms with Gasteiger partial charge in [-0.1, -0.05) is 0 Å². The summed E-state index contributed by atoms with van der Waals surface area (Å²) in [5.41, 5.74) is 8.72. The number of hydrogen-bond acceptors (Lipinski definition) is 3. The molecule has 0 aromatic heterocycles. The Balaban J connectivity index is 3.79. The Morgan fingerprint density at radius 3 is 3.00 bits per heavy atom. The molecule has 2 N–H and O–H groups in total. The third-order valence-corrected chi connectivity index (χ3v) is 1.37. The summed E-state index contributed by atoms with van der Waals surface area (Å²) in [5, 5.41) is 0. The summed E-state index contributed by atoms with van der Waals surface area (Å²) in [6, 6.07) is 0. The van der Waals surface area contributed by atoms with Gasteiger partial charge in [0.05, 0.1) is 0 Å². The molecule has 0 aromatic carbocycles. The number of nitrogens with zero attached hydrogens (tertiary/aromatic N) is 1. The van der Waals surface area contributed by atoms with E-state index in [4.69, 9.17) is 5.73 Å². The van der Waals surface area contributed by atoms with Gasteiger partial charge in [-0.05, 0) is 0 Å². The molecule has 0 amide bonds. The van der Waals surface area contributed by atoms with Crippen LogP contribution in [0.4, 0.5) is 0 Å². The number of rotatable bonds is 2. The van der Waals surface area contributed by atoms with Crippen molar-refractivity contribution in [1.82, 2.24) is 0 Å². The van der Waals surface area contributed by atoms with Gasteiger partial charge in [-0.15, -0.1) is 0 Å². The second-order valence-electron chi connectivity index (χ2n) is 1.52. The summed E-state index contributed by atoms with van der Waals surface area (Å²) >= 11 is 0.393. The number of ether oxygens (including phenoxy) is 1. The van der Waals surface area contributed by atoms with E-state index in [0.29, 0.717) is 14.1 Å². The topological polar surface area (TPSA) is 64.7 Å². The van der Waals surface area contributed by atoms with Gasteiger partial charge in [0, 0.05) is 0 Å². The summed E-state index contributed by atoms with van der Waals surface area (Å²) in [6.07, 6.45) is 0. The van der Waals surface area contributed by atoms with Crippen molar-refractivity contribution in [3.05, 3.63) is 0 Å². The fraction of sp³-hybridized carbons (Fsp3) is 0.333. The summed E-state index contributed by atoms with van der Waals surface area (Å²) in [7, 11) is 1.43. The van der Waals surface area contributed by atoms with Crippen LogP contribution in [0.15, 0.2) is 4.99 Å². The van der Waals surface area contributed by atoms with Crippen LogP contribution in [0.3, 0.4) is 0 Å². The SMILES string of the molecule is [CH2]=[Mn]=[CH]COC(=O)C(N)=NC. The van der Waals surface area contributed by atoms with E-state index >= 15 is 0 Å². The standard InChI is InChI=1S/C5H8N2O2.CH2.Mn/c1-3-9-5(8)4(6)7-2;;/h1H,3H2,2H3,(H2,6,7);1H2;. The van der Waals surface area contributed by atoms with Crippen LogP contribution in [0, 0.1) is 0 Å². The molecule has 0 spiro atoms. The molecule has 0 aliphatic rings. The monoisotopic (exact) mass is 197 g/mol. The molecule has 0 bridgehead atoms.